The lowest BCUT2D eigenvalue weighted by atomic mass is 10.1. The fraction of sp³-hybridized carbons (Fsp3) is 0.353. The molecule has 3 heteroatoms. The average Bonchev–Trinajstić information content (AvgIpc) is 2.35. The van der Waals surface area contributed by atoms with Gasteiger partial charge in [0.2, 0.25) is 5.88 Å². The highest BCUT2D eigenvalue weighted by Crippen LogP contribution is 2.30. The standard InChI is InChI=1S/C17H21NO2/c1-10-6-11(2)14(5)16(7-10)20-17-15(9-19)12(3)8-13(4)18-17/h6-8,19H,9H2,1-5H3. The zero-order valence-corrected chi connectivity index (χ0v) is 12.7. The SMILES string of the molecule is Cc1cc(C)c(C)c(Oc2nc(C)cc(C)c2CO)c1. The molecule has 2 rings (SSSR count). The van der Waals surface area contributed by atoms with E-state index in [1.165, 1.54) is 5.56 Å². The van der Waals surface area contributed by atoms with E-state index in [0.29, 0.717) is 5.88 Å². The molecule has 0 aliphatic heterocycles. The number of ether oxygens (including phenoxy) is 1. The Morgan fingerprint density at radius 3 is 2.35 bits per heavy atom. The molecular formula is C17H21NO2. The molecule has 0 aliphatic rings. The smallest absolute Gasteiger partial charge is 0.225 e. The van der Waals surface area contributed by atoms with Gasteiger partial charge < -0.3 is 9.84 Å². The van der Waals surface area contributed by atoms with Crippen molar-refractivity contribution in [3.8, 4) is 11.6 Å². The monoisotopic (exact) mass is 271 g/mol. The molecule has 1 N–H and O–H groups in total. The van der Waals surface area contributed by atoms with Crippen molar-refractivity contribution in [2.45, 2.75) is 41.2 Å². The third kappa shape index (κ3) is 2.83. The topological polar surface area (TPSA) is 42.4 Å². The van der Waals surface area contributed by atoms with Crippen molar-refractivity contribution in [2.75, 3.05) is 0 Å². The van der Waals surface area contributed by atoms with Gasteiger partial charge in [0.05, 0.1) is 6.61 Å². The van der Waals surface area contributed by atoms with Crippen LogP contribution in [0.25, 0.3) is 0 Å². The van der Waals surface area contributed by atoms with Gasteiger partial charge in [0.25, 0.3) is 0 Å². The van der Waals surface area contributed by atoms with E-state index in [2.05, 4.69) is 18.0 Å². The third-order valence-corrected chi connectivity index (χ3v) is 3.57. The number of rotatable bonds is 3. The molecule has 2 aromatic rings. The number of aryl methyl sites for hydroxylation is 4. The van der Waals surface area contributed by atoms with Crippen LogP contribution in [0.3, 0.4) is 0 Å². The predicted octanol–water partition coefficient (Wildman–Crippen LogP) is 3.91. The molecule has 0 spiro atoms. The second-order valence-corrected chi connectivity index (χ2v) is 5.33. The van der Waals surface area contributed by atoms with Gasteiger partial charge in [-0.1, -0.05) is 6.07 Å². The fourth-order valence-corrected chi connectivity index (χ4v) is 2.32. The maximum Gasteiger partial charge on any atom is 0.225 e. The number of hydrogen-bond acceptors (Lipinski definition) is 3. The van der Waals surface area contributed by atoms with Gasteiger partial charge in [-0.3, -0.25) is 0 Å². The molecule has 0 atom stereocenters. The predicted molar refractivity (Wildman–Crippen MR) is 80.4 cm³/mol. The molecule has 0 bridgehead atoms. The number of aromatic nitrogens is 1. The molecule has 0 radical (unpaired) electrons. The summed E-state index contributed by atoms with van der Waals surface area (Å²) in [7, 11) is 0. The first-order chi connectivity index (χ1) is 9.42. The van der Waals surface area contributed by atoms with E-state index in [-0.39, 0.29) is 6.61 Å². The molecule has 106 valence electrons. The van der Waals surface area contributed by atoms with Gasteiger partial charge >= 0.3 is 0 Å². The van der Waals surface area contributed by atoms with E-state index in [4.69, 9.17) is 4.74 Å². The highest BCUT2D eigenvalue weighted by Gasteiger charge is 2.12. The molecule has 0 saturated heterocycles. The molecule has 0 fully saturated rings. The zero-order valence-electron chi connectivity index (χ0n) is 12.7. The largest absolute Gasteiger partial charge is 0.438 e. The van der Waals surface area contributed by atoms with Crippen molar-refractivity contribution in [1.29, 1.82) is 0 Å². The van der Waals surface area contributed by atoms with Crippen molar-refractivity contribution in [2.24, 2.45) is 0 Å². The quantitative estimate of drug-likeness (QED) is 0.920. The van der Waals surface area contributed by atoms with Crippen molar-refractivity contribution < 1.29 is 9.84 Å². The normalized spacial score (nSPS) is 10.7. The van der Waals surface area contributed by atoms with Gasteiger partial charge in [0.15, 0.2) is 0 Å². The van der Waals surface area contributed by atoms with Crippen LogP contribution in [0, 0.1) is 34.6 Å². The second-order valence-electron chi connectivity index (χ2n) is 5.33. The lowest BCUT2D eigenvalue weighted by Crippen LogP contribution is -2.01. The van der Waals surface area contributed by atoms with Crippen LogP contribution in [0.4, 0.5) is 0 Å². The van der Waals surface area contributed by atoms with Gasteiger partial charge in [-0.2, -0.15) is 0 Å². The number of aliphatic hydroxyl groups excluding tert-OH is 1. The molecule has 0 aliphatic carbocycles. The summed E-state index contributed by atoms with van der Waals surface area (Å²) in [5.41, 5.74) is 6.07. The van der Waals surface area contributed by atoms with Crippen molar-refractivity contribution >= 4 is 0 Å². The van der Waals surface area contributed by atoms with E-state index < -0.39 is 0 Å². The van der Waals surface area contributed by atoms with Crippen LogP contribution in [-0.2, 0) is 6.61 Å². The molecule has 0 unspecified atom stereocenters. The van der Waals surface area contributed by atoms with Gasteiger partial charge in [-0.15, -0.1) is 0 Å². The number of pyridine rings is 1. The van der Waals surface area contributed by atoms with Crippen molar-refractivity contribution in [3.63, 3.8) is 0 Å². The van der Waals surface area contributed by atoms with Crippen LogP contribution in [-0.4, -0.2) is 10.1 Å². The number of nitrogens with zero attached hydrogens (tertiary/aromatic N) is 1. The van der Waals surface area contributed by atoms with Gasteiger partial charge in [-0.05, 0) is 69.0 Å². The summed E-state index contributed by atoms with van der Waals surface area (Å²) >= 11 is 0. The summed E-state index contributed by atoms with van der Waals surface area (Å²) in [4.78, 5) is 4.42. The molecule has 1 aromatic carbocycles. The Kier molecular flexibility index (Phi) is 4.09. The summed E-state index contributed by atoms with van der Waals surface area (Å²) in [6, 6.07) is 6.08. The summed E-state index contributed by atoms with van der Waals surface area (Å²) in [6.07, 6.45) is 0. The molecule has 0 amide bonds. The lowest BCUT2D eigenvalue weighted by molar-refractivity contribution is 0.274. The fourth-order valence-electron chi connectivity index (χ4n) is 2.32. The van der Waals surface area contributed by atoms with Crippen molar-refractivity contribution in [3.05, 3.63) is 51.7 Å². The minimum Gasteiger partial charge on any atom is -0.438 e. The summed E-state index contributed by atoms with van der Waals surface area (Å²) in [5.74, 6) is 1.30. The Morgan fingerprint density at radius 1 is 1.00 bits per heavy atom. The first-order valence-corrected chi connectivity index (χ1v) is 6.76. The highest BCUT2D eigenvalue weighted by atomic mass is 16.5. The van der Waals surface area contributed by atoms with Crippen LogP contribution in [0.5, 0.6) is 11.6 Å². The molecular weight excluding hydrogens is 250 g/mol. The van der Waals surface area contributed by atoms with E-state index in [1.807, 2.05) is 39.8 Å². The highest BCUT2D eigenvalue weighted by molar-refractivity contribution is 5.45. The van der Waals surface area contributed by atoms with Crippen LogP contribution < -0.4 is 4.74 Å². The third-order valence-electron chi connectivity index (χ3n) is 3.57. The Balaban J connectivity index is 2.50. The minimum atomic E-state index is -0.0711. The van der Waals surface area contributed by atoms with Gasteiger partial charge in [0, 0.05) is 11.3 Å². The zero-order chi connectivity index (χ0) is 14.9. The van der Waals surface area contributed by atoms with E-state index in [1.54, 1.807) is 0 Å². The average molecular weight is 271 g/mol. The van der Waals surface area contributed by atoms with Gasteiger partial charge in [0.1, 0.15) is 5.75 Å². The van der Waals surface area contributed by atoms with Crippen LogP contribution in [0.2, 0.25) is 0 Å². The van der Waals surface area contributed by atoms with Crippen LogP contribution >= 0.6 is 0 Å². The molecule has 3 nitrogen and oxygen atoms in total. The molecule has 1 heterocycles. The summed E-state index contributed by atoms with van der Waals surface area (Å²) in [5, 5.41) is 9.53. The molecule has 1 aromatic heterocycles. The Morgan fingerprint density at radius 2 is 1.70 bits per heavy atom. The number of hydrogen-bond donors (Lipinski definition) is 1. The Bertz CT molecular complexity index is 648. The summed E-state index contributed by atoms with van der Waals surface area (Å²) < 4.78 is 5.98. The van der Waals surface area contributed by atoms with E-state index in [0.717, 1.165) is 33.7 Å². The Labute approximate surface area is 120 Å². The van der Waals surface area contributed by atoms with Crippen LogP contribution in [0.1, 0.15) is 33.5 Å². The van der Waals surface area contributed by atoms with Gasteiger partial charge in [-0.25, -0.2) is 4.98 Å². The van der Waals surface area contributed by atoms with E-state index >= 15 is 0 Å². The number of aliphatic hydroxyl groups is 1. The second kappa shape index (κ2) is 5.63. The van der Waals surface area contributed by atoms with Crippen molar-refractivity contribution in [1.82, 2.24) is 4.98 Å². The lowest BCUT2D eigenvalue weighted by Gasteiger charge is -2.15. The molecule has 20 heavy (non-hydrogen) atoms. The van der Waals surface area contributed by atoms with E-state index in [9.17, 15) is 5.11 Å². The maximum absolute atomic E-state index is 9.53. The Hall–Kier alpha value is -1.87. The first-order valence-electron chi connectivity index (χ1n) is 6.76. The maximum atomic E-state index is 9.53. The summed E-state index contributed by atoms with van der Waals surface area (Å²) in [6.45, 7) is 9.96. The first kappa shape index (κ1) is 14.5. The molecule has 0 saturated carbocycles. The number of benzene rings is 1. The van der Waals surface area contributed by atoms with Crippen LogP contribution in [0.15, 0.2) is 18.2 Å². The minimum absolute atomic E-state index is 0.0711.